The Morgan fingerprint density at radius 3 is 2.68 bits per heavy atom. The third-order valence-electron chi connectivity index (χ3n) is 3.95. The van der Waals surface area contributed by atoms with Crippen molar-refractivity contribution >= 4 is 17.5 Å². The molecule has 0 unspecified atom stereocenters. The van der Waals surface area contributed by atoms with E-state index in [2.05, 4.69) is 42.9 Å². The zero-order chi connectivity index (χ0) is 16.3. The number of rotatable bonds is 4. The Balaban J connectivity index is 1.95. The maximum absolute atomic E-state index is 12.2. The molecule has 0 spiro atoms. The molecule has 0 aromatic carbocycles. The van der Waals surface area contributed by atoms with Gasteiger partial charge in [-0.15, -0.1) is 0 Å². The van der Waals surface area contributed by atoms with Crippen LogP contribution < -0.4 is 5.32 Å². The zero-order valence-electron chi connectivity index (χ0n) is 13.6. The van der Waals surface area contributed by atoms with Crippen LogP contribution in [0.4, 0.5) is 0 Å². The molecule has 1 N–H and O–H groups in total. The fraction of sp³-hybridized carbons (Fsp3) is 0.625. The molecule has 6 heteroatoms. The molecule has 1 aromatic heterocycles. The second-order valence-corrected chi connectivity index (χ2v) is 6.91. The molecule has 5 nitrogen and oxygen atoms in total. The Labute approximate surface area is 137 Å². The average Bonchev–Trinajstić information content (AvgIpc) is 2.44. The molecular weight excluding hydrogens is 302 g/mol. The normalized spacial score (nSPS) is 23.3. The maximum Gasteiger partial charge on any atom is 0.251 e. The summed E-state index contributed by atoms with van der Waals surface area (Å²) in [6, 6.07) is 3.23. The van der Waals surface area contributed by atoms with Gasteiger partial charge in [-0.1, -0.05) is 11.6 Å². The minimum absolute atomic E-state index is 0.133. The molecule has 1 amide bonds. The molecule has 122 valence electrons. The number of aromatic nitrogens is 1. The summed E-state index contributed by atoms with van der Waals surface area (Å²) in [6.07, 6.45) is 1.95. The Kier molecular flexibility index (Phi) is 5.42. The molecule has 22 heavy (non-hydrogen) atoms. The molecule has 1 aliphatic rings. The van der Waals surface area contributed by atoms with Gasteiger partial charge in [0.05, 0.1) is 12.2 Å². The summed E-state index contributed by atoms with van der Waals surface area (Å²) in [7, 11) is 0. The molecule has 1 aliphatic heterocycles. The third-order valence-corrected chi connectivity index (χ3v) is 4.15. The average molecular weight is 326 g/mol. The Hall–Kier alpha value is -1.17. The Morgan fingerprint density at radius 2 is 2.09 bits per heavy atom. The van der Waals surface area contributed by atoms with Crippen LogP contribution in [0.2, 0.25) is 5.15 Å². The number of hydrogen-bond donors (Lipinski definition) is 1. The molecule has 0 bridgehead atoms. The summed E-state index contributed by atoms with van der Waals surface area (Å²) in [5, 5.41) is 3.31. The second-order valence-electron chi connectivity index (χ2n) is 6.52. The van der Waals surface area contributed by atoms with Gasteiger partial charge >= 0.3 is 0 Å². The standard InChI is InChI=1S/C16H24ClN3O2/c1-11-8-20(9-12(2)22-11)16(3,4)10-19-15(21)13-5-6-18-14(17)7-13/h5-7,11-12H,8-10H2,1-4H3,(H,19,21)/t11-,12+. The number of morpholine rings is 1. The highest BCUT2D eigenvalue weighted by molar-refractivity contribution is 6.29. The van der Waals surface area contributed by atoms with E-state index in [1.807, 2.05) is 0 Å². The van der Waals surface area contributed by atoms with E-state index in [9.17, 15) is 4.79 Å². The molecule has 0 radical (unpaired) electrons. The minimum atomic E-state index is -0.140. The number of pyridine rings is 1. The lowest BCUT2D eigenvalue weighted by molar-refractivity contribution is -0.0948. The predicted octanol–water partition coefficient (Wildman–Crippen LogP) is 2.35. The predicted molar refractivity (Wildman–Crippen MR) is 87.2 cm³/mol. The summed E-state index contributed by atoms with van der Waals surface area (Å²) < 4.78 is 5.77. The molecular formula is C16H24ClN3O2. The zero-order valence-corrected chi connectivity index (χ0v) is 14.4. The number of carbonyl (C=O) groups is 1. The lowest BCUT2D eigenvalue weighted by atomic mass is 10.00. The molecule has 2 heterocycles. The minimum Gasteiger partial charge on any atom is -0.373 e. The van der Waals surface area contributed by atoms with Crippen LogP contribution in [0.3, 0.4) is 0 Å². The first-order valence-electron chi connectivity index (χ1n) is 7.58. The largest absolute Gasteiger partial charge is 0.373 e. The first kappa shape index (κ1) is 17.2. The van der Waals surface area contributed by atoms with Crippen LogP contribution in [0.1, 0.15) is 38.1 Å². The van der Waals surface area contributed by atoms with E-state index in [4.69, 9.17) is 16.3 Å². The highest BCUT2D eigenvalue weighted by Gasteiger charge is 2.33. The van der Waals surface area contributed by atoms with E-state index in [0.717, 1.165) is 13.1 Å². The van der Waals surface area contributed by atoms with Crippen LogP contribution in [0.15, 0.2) is 18.3 Å². The van der Waals surface area contributed by atoms with Gasteiger partial charge in [-0.3, -0.25) is 9.69 Å². The summed E-state index contributed by atoms with van der Waals surface area (Å²) in [4.78, 5) is 18.5. The molecule has 1 saturated heterocycles. The van der Waals surface area contributed by atoms with Crippen LogP contribution in [0, 0.1) is 0 Å². The van der Waals surface area contributed by atoms with E-state index in [-0.39, 0.29) is 23.7 Å². The van der Waals surface area contributed by atoms with Gasteiger partial charge in [0, 0.05) is 36.9 Å². The first-order chi connectivity index (χ1) is 10.3. The van der Waals surface area contributed by atoms with Crippen molar-refractivity contribution in [1.29, 1.82) is 0 Å². The van der Waals surface area contributed by atoms with E-state index in [1.165, 1.54) is 6.20 Å². The molecule has 2 atom stereocenters. The number of ether oxygens (including phenoxy) is 1. The Bertz CT molecular complexity index is 526. The van der Waals surface area contributed by atoms with Crippen molar-refractivity contribution < 1.29 is 9.53 Å². The fourth-order valence-electron chi connectivity index (χ4n) is 2.73. The third kappa shape index (κ3) is 4.41. The first-order valence-corrected chi connectivity index (χ1v) is 7.96. The summed E-state index contributed by atoms with van der Waals surface area (Å²) in [6.45, 7) is 10.7. The molecule has 1 aromatic rings. The van der Waals surface area contributed by atoms with E-state index in [1.54, 1.807) is 12.1 Å². The van der Waals surface area contributed by atoms with Crippen LogP contribution in [0.25, 0.3) is 0 Å². The van der Waals surface area contributed by atoms with E-state index < -0.39 is 0 Å². The van der Waals surface area contributed by atoms with Crippen molar-refractivity contribution in [3.63, 3.8) is 0 Å². The van der Waals surface area contributed by atoms with Crippen LogP contribution in [0.5, 0.6) is 0 Å². The monoisotopic (exact) mass is 325 g/mol. The van der Waals surface area contributed by atoms with Gasteiger partial charge in [-0.2, -0.15) is 0 Å². The Morgan fingerprint density at radius 1 is 1.45 bits per heavy atom. The number of hydrogen-bond acceptors (Lipinski definition) is 4. The van der Waals surface area contributed by atoms with E-state index in [0.29, 0.717) is 17.3 Å². The molecule has 2 rings (SSSR count). The number of amides is 1. The van der Waals surface area contributed by atoms with Crippen molar-refractivity contribution in [3.8, 4) is 0 Å². The van der Waals surface area contributed by atoms with Crippen molar-refractivity contribution in [1.82, 2.24) is 15.2 Å². The van der Waals surface area contributed by atoms with Gasteiger partial charge in [-0.05, 0) is 39.8 Å². The van der Waals surface area contributed by atoms with Gasteiger partial charge in [0.1, 0.15) is 5.15 Å². The van der Waals surface area contributed by atoms with Gasteiger partial charge in [-0.25, -0.2) is 4.98 Å². The molecule has 0 aliphatic carbocycles. The number of nitrogens with zero attached hydrogens (tertiary/aromatic N) is 2. The van der Waals surface area contributed by atoms with Gasteiger partial charge in [0.15, 0.2) is 0 Å². The highest BCUT2D eigenvalue weighted by Crippen LogP contribution is 2.20. The quantitative estimate of drug-likeness (QED) is 0.863. The van der Waals surface area contributed by atoms with Crippen molar-refractivity contribution in [3.05, 3.63) is 29.0 Å². The summed E-state index contributed by atoms with van der Waals surface area (Å²) >= 11 is 5.82. The lowest BCUT2D eigenvalue weighted by Gasteiger charge is -2.45. The van der Waals surface area contributed by atoms with Gasteiger partial charge in [0.25, 0.3) is 5.91 Å². The number of nitrogens with one attached hydrogen (secondary N) is 1. The van der Waals surface area contributed by atoms with Gasteiger partial charge in [0.2, 0.25) is 0 Å². The van der Waals surface area contributed by atoms with Gasteiger partial charge < -0.3 is 10.1 Å². The van der Waals surface area contributed by atoms with Crippen LogP contribution in [-0.4, -0.2) is 53.2 Å². The SMILES string of the molecule is C[C@@H]1CN(C(C)(C)CNC(=O)c2ccnc(Cl)c2)C[C@H](C)O1. The van der Waals surface area contributed by atoms with Crippen molar-refractivity contribution in [2.24, 2.45) is 0 Å². The fourth-order valence-corrected chi connectivity index (χ4v) is 2.90. The topological polar surface area (TPSA) is 54.5 Å². The second kappa shape index (κ2) is 6.94. The number of carbonyl (C=O) groups excluding carboxylic acids is 1. The van der Waals surface area contributed by atoms with E-state index >= 15 is 0 Å². The summed E-state index contributed by atoms with van der Waals surface area (Å²) in [5.74, 6) is -0.133. The maximum atomic E-state index is 12.2. The smallest absolute Gasteiger partial charge is 0.251 e. The summed E-state index contributed by atoms with van der Waals surface area (Å²) in [5.41, 5.74) is 0.387. The van der Waals surface area contributed by atoms with Crippen LogP contribution in [-0.2, 0) is 4.74 Å². The highest BCUT2D eigenvalue weighted by atomic mass is 35.5. The lowest BCUT2D eigenvalue weighted by Crippen LogP contribution is -2.58. The van der Waals surface area contributed by atoms with Crippen molar-refractivity contribution in [2.45, 2.75) is 45.4 Å². The number of halogens is 1. The van der Waals surface area contributed by atoms with Crippen molar-refractivity contribution in [2.75, 3.05) is 19.6 Å². The molecule has 0 saturated carbocycles. The molecule has 1 fully saturated rings. The van der Waals surface area contributed by atoms with Crippen LogP contribution >= 0.6 is 11.6 Å².